The van der Waals surface area contributed by atoms with Crippen molar-refractivity contribution in [2.45, 2.75) is 72.0 Å². The third kappa shape index (κ3) is 5.39. The summed E-state index contributed by atoms with van der Waals surface area (Å²) in [5.74, 6) is 1.43. The van der Waals surface area contributed by atoms with Crippen molar-refractivity contribution in [2.24, 2.45) is 10.2 Å². The Balaban J connectivity index is 2.11. The number of anilines is 1. The molecule has 2 rings (SSSR count). The van der Waals surface area contributed by atoms with Crippen LogP contribution in [0.3, 0.4) is 0 Å². The minimum atomic E-state index is 0.586. The fourth-order valence-corrected chi connectivity index (χ4v) is 2.87. The lowest BCUT2D eigenvalue weighted by molar-refractivity contribution is -0.683. The van der Waals surface area contributed by atoms with Crippen LogP contribution < -0.4 is 16.0 Å². The molecule has 0 saturated heterocycles. The third-order valence-electron chi connectivity index (χ3n) is 4.38. The van der Waals surface area contributed by atoms with Crippen molar-refractivity contribution in [1.82, 2.24) is 14.3 Å². The summed E-state index contributed by atoms with van der Waals surface area (Å²) < 4.78 is 6.07. The van der Waals surface area contributed by atoms with Crippen molar-refractivity contribution < 1.29 is 10.3 Å². The number of azo groups is 1. The summed E-state index contributed by atoms with van der Waals surface area (Å²) in [6.07, 6.45) is 12.6. The van der Waals surface area contributed by atoms with Gasteiger partial charge in [0, 0.05) is 18.1 Å². The predicted octanol–water partition coefficient (Wildman–Crippen LogP) is 2.59. The van der Waals surface area contributed by atoms with E-state index in [0.717, 1.165) is 51.4 Å². The molecule has 5 N–H and O–H groups in total. The zero-order valence-electron chi connectivity index (χ0n) is 16.3. The van der Waals surface area contributed by atoms with Crippen molar-refractivity contribution >= 4 is 17.5 Å². The van der Waals surface area contributed by atoms with Gasteiger partial charge in [0.05, 0.1) is 38.2 Å². The van der Waals surface area contributed by atoms with E-state index >= 15 is 0 Å². The molecule has 0 spiro atoms. The van der Waals surface area contributed by atoms with Crippen LogP contribution in [0.2, 0.25) is 0 Å². The van der Waals surface area contributed by atoms with E-state index in [2.05, 4.69) is 56.4 Å². The van der Waals surface area contributed by atoms with Gasteiger partial charge in [0.25, 0.3) is 0 Å². The van der Waals surface area contributed by atoms with Crippen LogP contribution in [0.5, 0.6) is 0 Å². The summed E-state index contributed by atoms with van der Waals surface area (Å²) in [5.41, 5.74) is 10.7. The van der Waals surface area contributed by atoms with Crippen molar-refractivity contribution in [3.05, 3.63) is 18.6 Å². The van der Waals surface area contributed by atoms with Crippen molar-refractivity contribution in [2.75, 3.05) is 12.3 Å². The summed E-state index contributed by atoms with van der Waals surface area (Å²) >= 11 is 0. The number of unbranched alkanes of at least 4 members (excludes halogenated alkanes) is 3. The zero-order chi connectivity index (χ0) is 18.8. The zero-order valence-corrected chi connectivity index (χ0v) is 16.3. The molecule has 0 aliphatic heterocycles. The van der Waals surface area contributed by atoms with Gasteiger partial charge in [-0.1, -0.05) is 38.2 Å². The van der Waals surface area contributed by atoms with Gasteiger partial charge >= 0.3 is 5.95 Å². The predicted molar refractivity (Wildman–Crippen MR) is 102 cm³/mol. The topological polar surface area (TPSA) is 105 Å². The molecule has 0 fully saturated rings. The highest BCUT2D eigenvalue weighted by Crippen LogP contribution is 2.24. The fourth-order valence-electron chi connectivity index (χ4n) is 2.87. The van der Waals surface area contributed by atoms with Crippen LogP contribution in [-0.2, 0) is 19.6 Å². The molecule has 0 bridgehead atoms. The highest BCUT2D eigenvalue weighted by molar-refractivity contribution is 5.56. The third-order valence-corrected chi connectivity index (χ3v) is 4.38. The number of quaternary nitrogens is 1. The van der Waals surface area contributed by atoms with Gasteiger partial charge in [0.1, 0.15) is 0 Å². The first-order valence-corrected chi connectivity index (χ1v) is 9.82. The van der Waals surface area contributed by atoms with Crippen LogP contribution in [0.15, 0.2) is 28.8 Å². The number of hydrogen-bond donors (Lipinski definition) is 2. The molecule has 0 aliphatic carbocycles. The Kier molecular flexibility index (Phi) is 8.27. The lowest BCUT2D eigenvalue weighted by Gasteiger charge is -2.03. The fraction of sp³-hybridized carbons (Fsp3) is 0.667. The molecule has 26 heavy (non-hydrogen) atoms. The molecular weight excluding hydrogens is 328 g/mol. The maximum atomic E-state index is 6.20. The molecule has 0 atom stereocenters. The van der Waals surface area contributed by atoms with Gasteiger partial charge in [-0.3, -0.25) is 0 Å². The first-order valence-electron chi connectivity index (χ1n) is 9.82. The van der Waals surface area contributed by atoms with Crippen molar-refractivity contribution in [1.29, 1.82) is 0 Å². The number of hydrogen-bond acceptors (Lipinski definition) is 4. The molecule has 2 aromatic rings. The van der Waals surface area contributed by atoms with Crippen LogP contribution in [0.25, 0.3) is 0 Å². The Morgan fingerprint density at radius 2 is 1.96 bits per heavy atom. The van der Waals surface area contributed by atoms with Gasteiger partial charge in [-0.05, 0) is 12.8 Å². The summed E-state index contributed by atoms with van der Waals surface area (Å²) in [4.78, 5) is 0. The number of rotatable bonds is 12. The van der Waals surface area contributed by atoms with E-state index in [-0.39, 0.29) is 0 Å². The van der Waals surface area contributed by atoms with Crippen LogP contribution in [0, 0.1) is 0 Å². The molecular formula is C18H34N8+2. The van der Waals surface area contributed by atoms with E-state index in [0.29, 0.717) is 11.5 Å². The number of aryl methyl sites for hydroxylation is 3. The Bertz CT molecular complexity index is 685. The van der Waals surface area contributed by atoms with Gasteiger partial charge in [0.15, 0.2) is 11.5 Å². The molecule has 8 nitrogen and oxygen atoms in total. The number of aromatic nitrogens is 4. The maximum absolute atomic E-state index is 6.20. The largest absolute Gasteiger partial charge is 0.421 e. The Labute approximate surface area is 155 Å². The summed E-state index contributed by atoms with van der Waals surface area (Å²) in [6.45, 7) is 7.90. The first kappa shape index (κ1) is 20.1. The quantitative estimate of drug-likeness (QED) is 0.344. The minimum absolute atomic E-state index is 0.586. The lowest BCUT2D eigenvalue weighted by atomic mass is 10.2. The molecule has 0 aromatic carbocycles. The monoisotopic (exact) mass is 362 g/mol. The normalized spacial score (nSPS) is 11.7. The maximum Gasteiger partial charge on any atom is 0.421 e. The Morgan fingerprint density at radius 3 is 2.69 bits per heavy atom. The van der Waals surface area contributed by atoms with E-state index in [9.17, 15) is 0 Å². The number of nitrogens with two attached hydrogens (primary N) is 1. The first-order chi connectivity index (χ1) is 12.7. The number of nitrogen functional groups attached to an aromatic ring is 1. The second-order valence-electron chi connectivity index (χ2n) is 6.59. The molecule has 0 amide bonds. The van der Waals surface area contributed by atoms with Crippen LogP contribution in [0.4, 0.5) is 17.5 Å². The van der Waals surface area contributed by atoms with E-state index in [1.54, 1.807) is 6.20 Å². The van der Waals surface area contributed by atoms with Crippen molar-refractivity contribution in [3.8, 4) is 0 Å². The average molecular weight is 363 g/mol. The SMILES string of the molecule is CCCCCCn1ncc(N=Nc2n(CCC[NH3+])cc[n+]2CCC)c1N. The van der Waals surface area contributed by atoms with Crippen LogP contribution >= 0.6 is 0 Å². The summed E-state index contributed by atoms with van der Waals surface area (Å²) in [7, 11) is 0. The van der Waals surface area contributed by atoms with E-state index in [1.165, 1.54) is 19.3 Å². The van der Waals surface area contributed by atoms with E-state index < -0.39 is 0 Å². The molecule has 8 heteroatoms. The standard InChI is InChI=1S/C18H32N8/c1-3-5-6-7-12-26-17(20)16(15-21-26)22-23-18-24(10-4-2)13-14-25(18)11-8-9-19/h13-15,20H,3-12,19H2,1-2H3/p+2. The molecule has 2 aromatic heterocycles. The smallest absolute Gasteiger partial charge is 0.382 e. The van der Waals surface area contributed by atoms with Gasteiger partial charge in [-0.15, -0.1) is 0 Å². The molecule has 0 aliphatic rings. The van der Waals surface area contributed by atoms with E-state index in [4.69, 9.17) is 5.73 Å². The Hall–Kier alpha value is -2.22. The lowest BCUT2D eigenvalue weighted by Crippen LogP contribution is -2.50. The van der Waals surface area contributed by atoms with Crippen LogP contribution in [-0.4, -0.2) is 20.9 Å². The van der Waals surface area contributed by atoms with Gasteiger partial charge in [0.2, 0.25) is 0 Å². The van der Waals surface area contributed by atoms with E-state index in [1.807, 2.05) is 4.68 Å². The average Bonchev–Trinajstić information content (AvgIpc) is 3.19. The molecule has 144 valence electrons. The van der Waals surface area contributed by atoms with Gasteiger partial charge in [-0.2, -0.15) is 5.10 Å². The molecule has 0 saturated carbocycles. The number of nitrogens with zero attached hydrogens (tertiary/aromatic N) is 6. The highest BCUT2D eigenvalue weighted by atomic mass is 15.3. The number of imidazole rings is 1. The highest BCUT2D eigenvalue weighted by Gasteiger charge is 2.17. The second kappa shape index (κ2) is 10.7. The van der Waals surface area contributed by atoms with Gasteiger partial charge in [-0.25, -0.2) is 13.8 Å². The van der Waals surface area contributed by atoms with Crippen molar-refractivity contribution in [3.63, 3.8) is 0 Å². The van der Waals surface area contributed by atoms with Crippen LogP contribution in [0.1, 0.15) is 52.4 Å². The summed E-state index contributed by atoms with van der Waals surface area (Å²) in [6, 6.07) is 0. The van der Waals surface area contributed by atoms with Gasteiger partial charge < -0.3 is 11.5 Å². The summed E-state index contributed by atoms with van der Waals surface area (Å²) in [5, 5.41) is 13.2. The minimum Gasteiger partial charge on any atom is -0.382 e. The molecule has 0 unspecified atom stereocenters. The second-order valence-corrected chi connectivity index (χ2v) is 6.59. The molecule has 0 radical (unpaired) electrons. The molecule has 2 heterocycles. The Morgan fingerprint density at radius 1 is 1.12 bits per heavy atom.